The summed E-state index contributed by atoms with van der Waals surface area (Å²) in [4.78, 5) is 24.0. The average molecular weight is 236 g/mol. The van der Waals surface area contributed by atoms with Gasteiger partial charge in [0, 0.05) is 7.05 Å². The van der Waals surface area contributed by atoms with Crippen LogP contribution in [0.1, 0.15) is 38.5 Å². The van der Waals surface area contributed by atoms with E-state index >= 15 is 0 Å². The molecule has 3 unspecified atom stereocenters. The second-order valence-corrected chi connectivity index (χ2v) is 6.47. The molecule has 4 fully saturated rings. The molecule has 3 N–H and O–H groups in total. The van der Waals surface area contributed by atoms with Gasteiger partial charge in [-0.2, -0.15) is 0 Å². The van der Waals surface area contributed by atoms with Crippen LogP contribution in [0.5, 0.6) is 0 Å². The summed E-state index contributed by atoms with van der Waals surface area (Å²) in [6, 6.07) is 0. The van der Waals surface area contributed by atoms with E-state index in [2.05, 4.69) is 5.32 Å². The molecule has 0 heterocycles. The van der Waals surface area contributed by atoms with Crippen LogP contribution in [0.3, 0.4) is 0 Å². The smallest absolute Gasteiger partial charge is 0.226 e. The molecule has 4 bridgehead atoms. The van der Waals surface area contributed by atoms with E-state index in [4.69, 9.17) is 5.73 Å². The van der Waals surface area contributed by atoms with Gasteiger partial charge in [0.2, 0.25) is 11.8 Å². The number of carbonyl (C=O) groups excluding carboxylic acids is 2. The molecule has 4 saturated carbocycles. The number of carbonyl (C=O) groups is 2. The lowest BCUT2D eigenvalue weighted by molar-refractivity contribution is -0.165. The van der Waals surface area contributed by atoms with Gasteiger partial charge in [-0.25, -0.2) is 0 Å². The summed E-state index contributed by atoms with van der Waals surface area (Å²) in [5.41, 5.74) is 4.95. The first-order chi connectivity index (χ1) is 8.00. The van der Waals surface area contributed by atoms with Crippen LogP contribution >= 0.6 is 0 Å². The zero-order valence-corrected chi connectivity index (χ0v) is 10.3. The minimum absolute atomic E-state index is 0.122. The second kappa shape index (κ2) is 3.24. The van der Waals surface area contributed by atoms with Gasteiger partial charge in [0.1, 0.15) is 0 Å². The third-order valence-corrected chi connectivity index (χ3v) is 5.29. The molecule has 2 amide bonds. The van der Waals surface area contributed by atoms with E-state index in [1.807, 2.05) is 0 Å². The maximum atomic E-state index is 12.2. The van der Waals surface area contributed by atoms with Gasteiger partial charge in [0.05, 0.1) is 10.8 Å². The number of hydrogen-bond donors (Lipinski definition) is 2. The SMILES string of the molecule is CNC(=O)C12CC3C[C@@H](CC(C(N)=O)(C3)C1)C2. The van der Waals surface area contributed by atoms with Crippen molar-refractivity contribution >= 4 is 11.8 Å². The molecule has 0 radical (unpaired) electrons. The Balaban J connectivity index is 2.00. The van der Waals surface area contributed by atoms with E-state index in [0.29, 0.717) is 18.3 Å². The molecule has 0 aromatic carbocycles. The highest BCUT2D eigenvalue weighted by Crippen LogP contribution is 2.65. The van der Waals surface area contributed by atoms with E-state index in [1.165, 1.54) is 6.42 Å². The summed E-state index contributed by atoms with van der Waals surface area (Å²) in [5, 5.41) is 2.79. The van der Waals surface area contributed by atoms with Crippen LogP contribution in [0, 0.1) is 22.7 Å². The van der Waals surface area contributed by atoms with Crippen LogP contribution in [0.4, 0.5) is 0 Å². The van der Waals surface area contributed by atoms with Crippen LogP contribution in [0.2, 0.25) is 0 Å². The summed E-state index contributed by atoms with van der Waals surface area (Å²) >= 11 is 0. The number of hydrogen-bond acceptors (Lipinski definition) is 2. The number of amides is 2. The van der Waals surface area contributed by atoms with Crippen LogP contribution in [-0.4, -0.2) is 18.9 Å². The molecule has 4 rings (SSSR count). The molecule has 94 valence electrons. The fraction of sp³-hybridized carbons (Fsp3) is 0.846. The van der Waals surface area contributed by atoms with Crippen molar-refractivity contribution in [1.82, 2.24) is 5.32 Å². The molecule has 4 heteroatoms. The lowest BCUT2D eigenvalue weighted by Gasteiger charge is -2.59. The maximum Gasteiger partial charge on any atom is 0.226 e. The zero-order chi connectivity index (χ0) is 12.3. The fourth-order valence-electron chi connectivity index (χ4n) is 5.08. The molecule has 0 aliphatic heterocycles. The molecule has 0 spiro atoms. The van der Waals surface area contributed by atoms with Crippen molar-refractivity contribution in [3.05, 3.63) is 0 Å². The second-order valence-electron chi connectivity index (χ2n) is 6.47. The van der Waals surface area contributed by atoms with Crippen LogP contribution in [0.25, 0.3) is 0 Å². The van der Waals surface area contributed by atoms with Gasteiger partial charge in [0.15, 0.2) is 0 Å². The van der Waals surface area contributed by atoms with Crippen molar-refractivity contribution in [2.24, 2.45) is 28.4 Å². The van der Waals surface area contributed by atoms with Crippen LogP contribution < -0.4 is 11.1 Å². The van der Waals surface area contributed by atoms with Gasteiger partial charge < -0.3 is 11.1 Å². The lowest BCUT2D eigenvalue weighted by atomic mass is 9.43. The number of rotatable bonds is 2. The highest BCUT2D eigenvalue weighted by Gasteiger charge is 2.62. The Morgan fingerprint density at radius 2 is 1.65 bits per heavy atom. The Bertz CT molecular complexity index is 377. The Morgan fingerprint density at radius 1 is 1.12 bits per heavy atom. The number of nitrogens with two attached hydrogens (primary N) is 1. The van der Waals surface area contributed by atoms with E-state index in [9.17, 15) is 9.59 Å². The Hall–Kier alpha value is -1.06. The van der Waals surface area contributed by atoms with Crippen LogP contribution in [0.15, 0.2) is 0 Å². The Kier molecular flexibility index (Phi) is 2.11. The highest BCUT2D eigenvalue weighted by molar-refractivity contribution is 5.87. The van der Waals surface area contributed by atoms with Crippen molar-refractivity contribution in [3.8, 4) is 0 Å². The summed E-state index contributed by atoms with van der Waals surface area (Å²) < 4.78 is 0. The van der Waals surface area contributed by atoms with E-state index in [0.717, 1.165) is 25.7 Å². The minimum Gasteiger partial charge on any atom is -0.369 e. The number of primary amides is 1. The number of nitrogens with one attached hydrogen (secondary N) is 1. The Morgan fingerprint density at radius 3 is 2.12 bits per heavy atom. The third kappa shape index (κ3) is 1.36. The molecule has 4 aliphatic rings. The third-order valence-electron chi connectivity index (χ3n) is 5.29. The van der Waals surface area contributed by atoms with Gasteiger partial charge in [-0.1, -0.05) is 0 Å². The van der Waals surface area contributed by atoms with Gasteiger partial charge >= 0.3 is 0 Å². The van der Waals surface area contributed by atoms with E-state index in [1.54, 1.807) is 7.05 Å². The Labute approximate surface area is 101 Å². The van der Waals surface area contributed by atoms with E-state index < -0.39 is 0 Å². The molecule has 4 aliphatic carbocycles. The molecule has 0 aromatic heterocycles. The molecule has 4 atom stereocenters. The van der Waals surface area contributed by atoms with Crippen molar-refractivity contribution in [3.63, 3.8) is 0 Å². The van der Waals surface area contributed by atoms with Crippen molar-refractivity contribution < 1.29 is 9.59 Å². The standard InChI is InChI=1S/C13H20N2O2/c1-15-11(17)13-5-8-2-9(6-13)4-12(3-8,7-13)10(14)16/h8-9H,2-7H2,1H3,(H2,14,16)(H,15,17)/t8-,9?,12?,13?/m0/s1. The molecular formula is C13H20N2O2. The molecular weight excluding hydrogens is 216 g/mol. The molecule has 0 aromatic rings. The predicted molar refractivity (Wildman–Crippen MR) is 62.8 cm³/mol. The fourth-order valence-corrected chi connectivity index (χ4v) is 5.08. The van der Waals surface area contributed by atoms with Crippen molar-refractivity contribution in [1.29, 1.82) is 0 Å². The lowest BCUT2D eigenvalue weighted by Crippen LogP contribution is -2.60. The van der Waals surface area contributed by atoms with Gasteiger partial charge in [-0.3, -0.25) is 9.59 Å². The quantitative estimate of drug-likeness (QED) is 0.744. The van der Waals surface area contributed by atoms with Gasteiger partial charge in [0.25, 0.3) is 0 Å². The minimum atomic E-state index is -0.378. The molecule has 4 nitrogen and oxygen atoms in total. The maximum absolute atomic E-state index is 12.2. The summed E-state index contributed by atoms with van der Waals surface area (Å²) in [6.07, 6.45) is 5.61. The molecule has 17 heavy (non-hydrogen) atoms. The van der Waals surface area contributed by atoms with E-state index in [-0.39, 0.29) is 22.6 Å². The predicted octanol–water partition coefficient (Wildman–Crippen LogP) is 0.804. The summed E-state index contributed by atoms with van der Waals surface area (Å²) in [5.74, 6) is 0.999. The first-order valence-corrected chi connectivity index (χ1v) is 6.52. The largest absolute Gasteiger partial charge is 0.369 e. The van der Waals surface area contributed by atoms with Gasteiger partial charge in [-0.15, -0.1) is 0 Å². The van der Waals surface area contributed by atoms with Crippen molar-refractivity contribution in [2.75, 3.05) is 7.05 Å². The highest BCUT2D eigenvalue weighted by atomic mass is 16.2. The summed E-state index contributed by atoms with van der Waals surface area (Å²) in [7, 11) is 1.69. The van der Waals surface area contributed by atoms with Gasteiger partial charge in [-0.05, 0) is 50.4 Å². The normalized spacial score (nSPS) is 46.9. The van der Waals surface area contributed by atoms with Crippen LogP contribution in [-0.2, 0) is 9.59 Å². The topological polar surface area (TPSA) is 72.2 Å². The molecule has 0 saturated heterocycles. The average Bonchev–Trinajstić information content (AvgIpc) is 2.26. The summed E-state index contributed by atoms with van der Waals surface area (Å²) in [6.45, 7) is 0. The first-order valence-electron chi connectivity index (χ1n) is 6.52. The zero-order valence-electron chi connectivity index (χ0n) is 10.3. The van der Waals surface area contributed by atoms with Crippen molar-refractivity contribution in [2.45, 2.75) is 38.5 Å². The first kappa shape index (κ1) is 11.1. The monoisotopic (exact) mass is 236 g/mol.